The first-order valence-corrected chi connectivity index (χ1v) is 8.92. The molecule has 0 bridgehead atoms. The van der Waals surface area contributed by atoms with Crippen molar-refractivity contribution in [1.82, 2.24) is 0 Å². The maximum atomic E-state index is 10.8. The normalized spacial score (nSPS) is 20.1. The van der Waals surface area contributed by atoms with Crippen LogP contribution < -0.4 is 4.74 Å². The van der Waals surface area contributed by atoms with Crippen molar-refractivity contribution in [3.8, 4) is 11.5 Å². The predicted octanol–water partition coefficient (Wildman–Crippen LogP) is 6.08. The van der Waals surface area contributed by atoms with Crippen LogP contribution in [0, 0.1) is 0 Å². The fourth-order valence-electron chi connectivity index (χ4n) is 3.20. The topological polar surface area (TPSA) is 29.5 Å². The molecule has 0 amide bonds. The molecule has 23 heavy (non-hydrogen) atoms. The molecule has 0 saturated heterocycles. The summed E-state index contributed by atoms with van der Waals surface area (Å²) < 4.78 is 6.22. The highest BCUT2D eigenvalue weighted by Gasteiger charge is 2.26. The summed E-state index contributed by atoms with van der Waals surface area (Å²) in [5.41, 5.74) is 3.53. The molecule has 2 atom stereocenters. The van der Waals surface area contributed by atoms with Crippen molar-refractivity contribution in [2.45, 2.75) is 84.7 Å². The number of phenolic OH excluding ortho intramolecular Hbond substituents is 1. The zero-order valence-corrected chi connectivity index (χ0v) is 15.6. The molecule has 1 aromatic carbocycles. The molecule has 2 nitrogen and oxygen atoms in total. The van der Waals surface area contributed by atoms with Crippen LogP contribution in [-0.2, 0) is 5.41 Å². The summed E-state index contributed by atoms with van der Waals surface area (Å²) >= 11 is 0. The van der Waals surface area contributed by atoms with Gasteiger partial charge in [0.15, 0.2) is 0 Å². The molecule has 0 heterocycles. The van der Waals surface area contributed by atoms with Gasteiger partial charge in [0, 0.05) is 5.56 Å². The zero-order chi connectivity index (χ0) is 17.2. The van der Waals surface area contributed by atoms with E-state index < -0.39 is 0 Å². The minimum atomic E-state index is -0.00798. The van der Waals surface area contributed by atoms with Crippen LogP contribution in [0.25, 0.3) is 0 Å². The van der Waals surface area contributed by atoms with Crippen LogP contribution in [0.1, 0.15) is 84.3 Å². The average Bonchev–Trinajstić information content (AvgIpc) is 2.45. The third-order valence-electron chi connectivity index (χ3n) is 4.87. The summed E-state index contributed by atoms with van der Waals surface area (Å²) in [5.74, 6) is 1.63. The van der Waals surface area contributed by atoms with E-state index in [1.165, 1.54) is 5.57 Å². The molecule has 0 fully saturated rings. The molecule has 0 aromatic heterocycles. The molecule has 0 radical (unpaired) electrons. The lowest BCUT2D eigenvalue weighted by molar-refractivity contribution is 0.212. The Morgan fingerprint density at radius 2 is 2.00 bits per heavy atom. The fraction of sp³-hybridized carbons (Fsp3) is 0.619. The number of benzene rings is 1. The maximum Gasteiger partial charge on any atom is 0.127 e. The molecule has 0 saturated carbocycles. The van der Waals surface area contributed by atoms with Crippen LogP contribution in [0.4, 0.5) is 0 Å². The molecule has 1 unspecified atom stereocenters. The molecular weight excluding hydrogens is 284 g/mol. The van der Waals surface area contributed by atoms with Gasteiger partial charge in [-0.25, -0.2) is 0 Å². The Kier molecular flexibility index (Phi) is 5.44. The van der Waals surface area contributed by atoms with Crippen LogP contribution in [-0.4, -0.2) is 11.2 Å². The minimum Gasteiger partial charge on any atom is -0.508 e. The van der Waals surface area contributed by atoms with E-state index in [-0.39, 0.29) is 11.5 Å². The number of rotatable bonds is 4. The van der Waals surface area contributed by atoms with Crippen molar-refractivity contribution in [1.29, 1.82) is 0 Å². The first-order chi connectivity index (χ1) is 10.7. The third-order valence-corrected chi connectivity index (χ3v) is 4.87. The molecule has 128 valence electrons. The predicted molar refractivity (Wildman–Crippen MR) is 97.5 cm³/mol. The van der Waals surface area contributed by atoms with Crippen LogP contribution in [0.3, 0.4) is 0 Å². The second-order valence-corrected chi connectivity index (χ2v) is 8.02. The molecule has 1 aromatic rings. The standard InChI is InChI=1S/C21H32O2/c1-7-15(3)23-19-13-17(21(4,5)6)12-18(22)20(19)16-10-8-9-14(2)11-16/h9,12-13,15-16,22H,7-8,10-11H2,1-6H3/t15?,16-/m0/s1. The largest absolute Gasteiger partial charge is 0.508 e. The molecule has 0 spiro atoms. The van der Waals surface area contributed by atoms with Crippen molar-refractivity contribution in [3.05, 3.63) is 34.9 Å². The number of hydrogen-bond acceptors (Lipinski definition) is 2. The van der Waals surface area contributed by atoms with Gasteiger partial charge in [-0.3, -0.25) is 0 Å². The second kappa shape index (κ2) is 6.98. The van der Waals surface area contributed by atoms with Gasteiger partial charge >= 0.3 is 0 Å². The number of phenols is 1. The van der Waals surface area contributed by atoms with E-state index in [1.54, 1.807) is 0 Å². The summed E-state index contributed by atoms with van der Waals surface area (Å²) in [6.07, 6.45) is 6.61. The quantitative estimate of drug-likeness (QED) is 0.682. The first kappa shape index (κ1) is 17.9. The van der Waals surface area contributed by atoms with Crippen molar-refractivity contribution in [2.24, 2.45) is 0 Å². The Morgan fingerprint density at radius 1 is 1.30 bits per heavy atom. The van der Waals surface area contributed by atoms with Crippen LogP contribution in [0.5, 0.6) is 11.5 Å². The van der Waals surface area contributed by atoms with E-state index in [2.05, 4.69) is 53.7 Å². The highest BCUT2D eigenvalue weighted by molar-refractivity contribution is 5.51. The Hall–Kier alpha value is -1.44. The summed E-state index contributed by atoms with van der Waals surface area (Å²) in [5, 5.41) is 10.8. The van der Waals surface area contributed by atoms with Crippen LogP contribution >= 0.6 is 0 Å². The van der Waals surface area contributed by atoms with Crippen molar-refractivity contribution in [3.63, 3.8) is 0 Å². The van der Waals surface area contributed by atoms with E-state index in [1.807, 2.05) is 6.07 Å². The lowest BCUT2D eigenvalue weighted by Crippen LogP contribution is -2.16. The number of hydrogen-bond donors (Lipinski definition) is 1. The number of allylic oxidation sites excluding steroid dienone is 2. The third kappa shape index (κ3) is 4.31. The molecule has 1 aliphatic carbocycles. The molecule has 1 N–H and O–H groups in total. The average molecular weight is 316 g/mol. The Labute approximate surface area is 141 Å². The Bertz CT molecular complexity index is 578. The van der Waals surface area contributed by atoms with Gasteiger partial charge in [-0.2, -0.15) is 0 Å². The molecule has 1 aliphatic rings. The number of ether oxygens (including phenoxy) is 1. The summed E-state index contributed by atoms with van der Waals surface area (Å²) in [6, 6.07) is 4.08. The molecule has 2 heteroatoms. The van der Waals surface area contributed by atoms with Gasteiger partial charge in [0.2, 0.25) is 0 Å². The van der Waals surface area contributed by atoms with Gasteiger partial charge < -0.3 is 9.84 Å². The van der Waals surface area contributed by atoms with Crippen LogP contribution in [0.15, 0.2) is 23.8 Å². The summed E-state index contributed by atoms with van der Waals surface area (Å²) in [7, 11) is 0. The van der Waals surface area contributed by atoms with E-state index in [0.717, 1.165) is 42.6 Å². The smallest absolute Gasteiger partial charge is 0.127 e. The van der Waals surface area contributed by atoms with Gasteiger partial charge in [0.1, 0.15) is 11.5 Å². The van der Waals surface area contributed by atoms with Crippen molar-refractivity contribution in [2.75, 3.05) is 0 Å². The minimum absolute atomic E-state index is 0.00798. The summed E-state index contributed by atoms with van der Waals surface area (Å²) in [4.78, 5) is 0. The SMILES string of the molecule is CCC(C)Oc1cc(C(C)(C)C)cc(O)c1[C@H]1CCC=C(C)C1. The monoisotopic (exact) mass is 316 g/mol. The van der Waals surface area contributed by atoms with Gasteiger partial charge in [-0.15, -0.1) is 0 Å². The van der Waals surface area contributed by atoms with Gasteiger partial charge in [-0.1, -0.05) is 39.3 Å². The Balaban J connectivity index is 2.48. The Morgan fingerprint density at radius 3 is 2.57 bits per heavy atom. The lowest BCUT2D eigenvalue weighted by atomic mass is 9.80. The highest BCUT2D eigenvalue weighted by atomic mass is 16.5. The van der Waals surface area contributed by atoms with E-state index in [4.69, 9.17) is 4.74 Å². The highest BCUT2D eigenvalue weighted by Crippen LogP contribution is 2.45. The van der Waals surface area contributed by atoms with E-state index in [0.29, 0.717) is 11.7 Å². The first-order valence-electron chi connectivity index (χ1n) is 8.92. The van der Waals surface area contributed by atoms with E-state index >= 15 is 0 Å². The van der Waals surface area contributed by atoms with Crippen molar-refractivity contribution < 1.29 is 9.84 Å². The number of aromatic hydroxyl groups is 1. The maximum absolute atomic E-state index is 10.8. The molecular formula is C21H32O2. The second-order valence-electron chi connectivity index (χ2n) is 8.02. The van der Waals surface area contributed by atoms with Gasteiger partial charge in [0.05, 0.1) is 6.10 Å². The van der Waals surface area contributed by atoms with Crippen molar-refractivity contribution >= 4 is 0 Å². The van der Waals surface area contributed by atoms with Crippen LogP contribution in [0.2, 0.25) is 0 Å². The lowest BCUT2D eigenvalue weighted by Gasteiger charge is -2.28. The van der Waals surface area contributed by atoms with Gasteiger partial charge in [0.25, 0.3) is 0 Å². The summed E-state index contributed by atoms with van der Waals surface area (Å²) in [6.45, 7) is 12.9. The fourth-order valence-corrected chi connectivity index (χ4v) is 3.20. The molecule has 2 rings (SSSR count). The molecule has 0 aliphatic heterocycles. The van der Waals surface area contributed by atoms with E-state index in [9.17, 15) is 5.11 Å². The van der Waals surface area contributed by atoms with Gasteiger partial charge in [-0.05, 0) is 68.6 Å². The zero-order valence-electron chi connectivity index (χ0n) is 15.6.